The molecule has 2 atom stereocenters. The van der Waals surface area contributed by atoms with Gasteiger partial charge in [0.05, 0.1) is 5.92 Å². The Morgan fingerprint density at radius 2 is 2.00 bits per heavy atom. The van der Waals surface area contributed by atoms with E-state index in [4.69, 9.17) is 5.11 Å². The summed E-state index contributed by atoms with van der Waals surface area (Å²) in [6.45, 7) is 5.49. The summed E-state index contributed by atoms with van der Waals surface area (Å²) in [5.74, 6) is -2.37. The molecule has 1 N–H and O–H groups in total. The highest BCUT2D eigenvalue weighted by molar-refractivity contribution is 5.85. The molecule has 1 aromatic carbocycles. The lowest BCUT2D eigenvalue weighted by Gasteiger charge is -2.17. The molecule has 0 aliphatic rings. The number of benzene rings is 1. The topological polar surface area (TPSA) is 54.4 Å². The van der Waals surface area contributed by atoms with Crippen molar-refractivity contribution < 1.29 is 19.1 Å². The van der Waals surface area contributed by atoms with Crippen LogP contribution in [0.3, 0.4) is 0 Å². The third kappa shape index (κ3) is 4.44. The van der Waals surface area contributed by atoms with E-state index in [0.717, 1.165) is 5.56 Å². The zero-order chi connectivity index (χ0) is 15.3. The van der Waals surface area contributed by atoms with Crippen LogP contribution >= 0.6 is 0 Å². The third-order valence-electron chi connectivity index (χ3n) is 3.69. The first-order valence-corrected chi connectivity index (χ1v) is 6.84. The van der Waals surface area contributed by atoms with Crippen molar-refractivity contribution >= 4 is 11.8 Å². The molecule has 2 unspecified atom stereocenters. The van der Waals surface area contributed by atoms with E-state index in [1.165, 1.54) is 6.07 Å². The highest BCUT2D eigenvalue weighted by atomic mass is 19.1. The van der Waals surface area contributed by atoms with E-state index in [9.17, 15) is 14.0 Å². The fourth-order valence-electron chi connectivity index (χ4n) is 2.14. The average molecular weight is 280 g/mol. The van der Waals surface area contributed by atoms with Gasteiger partial charge >= 0.3 is 5.97 Å². The van der Waals surface area contributed by atoms with Crippen LogP contribution in [0, 0.1) is 24.6 Å². The first kappa shape index (κ1) is 16.3. The maximum absolute atomic E-state index is 13.7. The second-order valence-electron chi connectivity index (χ2n) is 5.34. The Kier molecular flexibility index (Phi) is 5.86. The molecule has 0 saturated heterocycles. The van der Waals surface area contributed by atoms with Crippen molar-refractivity contribution in [2.45, 2.75) is 40.0 Å². The lowest BCUT2D eigenvalue weighted by Crippen LogP contribution is -2.25. The molecule has 0 radical (unpaired) electrons. The molecule has 0 aliphatic carbocycles. The van der Waals surface area contributed by atoms with Gasteiger partial charge in [-0.1, -0.05) is 32.4 Å². The summed E-state index contributed by atoms with van der Waals surface area (Å²) in [6, 6.07) is 4.71. The van der Waals surface area contributed by atoms with Crippen molar-refractivity contribution in [1.29, 1.82) is 0 Å². The van der Waals surface area contributed by atoms with E-state index < -0.39 is 17.7 Å². The predicted octanol–water partition coefficient (Wildman–Crippen LogP) is 3.38. The highest BCUT2D eigenvalue weighted by Gasteiger charge is 2.26. The van der Waals surface area contributed by atoms with Gasteiger partial charge in [0.25, 0.3) is 0 Å². The van der Waals surface area contributed by atoms with E-state index in [-0.39, 0.29) is 24.5 Å². The second kappa shape index (κ2) is 7.17. The van der Waals surface area contributed by atoms with Crippen molar-refractivity contribution in [2.75, 3.05) is 0 Å². The standard InChI is InChI=1S/C16H21FO3/c1-4-11(3)14(16(19)20)9-13(18)8-12-6-5-10(2)7-15(12)17/h5-7,11,14H,4,8-9H2,1-3H3,(H,19,20). The van der Waals surface area contributed by atoms with Crippen LogP contribution in [0.4, 0.5) is 4.39 Å². The molecule has 0 heterocycles. The van der Waals surface area contributed by atoms with E-state index in [1.54, 1.807) is 19.1 Å². The predicted molar refractivity (Wildman–Crippen MR) is 75.0 cm³/mol. The normalized spacial score (nSPS) is 13.8. The number of aliphatic carboxylic acids is 1. The average Bonchev–Trinajstić information content (AvgIpc) is 2.38. The van der Waals surface area contributed by atoms with Gasteiger partial charge in [0.15, 0.2) is 0 Å². The summed E-state index contributed by atoms with van der Waals surface area (Å²) in [5.41, 5.74) is 1.12. The van der Waals surface area contributed by atoms with Crippen molar-refractivity contribution in [3.05, 3.63) is 35.1 Å². The van der Waals surface area contributed by atoms with Gasteiger partial charge in [-0.15, -0.1) is 0 Å². The quantitative estimate of drug-likeness (QED) is 0.833. The van der Waals surface area contributed by atoms with Crippen LogP contribution in [-0.4, -0.2) is 16.9 Å². The number of carboxylic acids is 1. The minimum absolute atomic E-state index is 0.0440. The summed E-state index contributed by atoms with van der Waals surface area (Å²) in [7, 11) is 0. The maximum atomic E-state index is 13.7. The number of carbonyl (C=O) groups excluding carboxylic acids is 1. The van der Waals surface area contributed by atoms with Crippen LogP contribution in [-0.2, 0) is 16.0 Å². The summed E-state index contributed by atoms with van der Waals surface area (Å²) in [5, 5.41) is 9.15. The molecule has 0 spiro atoms. The van der Waals surface area contributed by atoms with Gasteiger partial charge in [0.1, 0.15) is 11.6 Å². The minimum atomic E-state index is -0.961. The van der Waals surface area contributed by atoms with E-state index in [0.29, 0.717) is 12.0 Å². The molecule has 0 aliphatic heterocycles. The molecule has 0 fully saturated rings. The smallest absolute Gasteiger partial charge is 0.307 e. The molecule has 1 aromatic rings. The van der Waals surface area contributed by atoms with Gasteiger partial charge in [-0.2, -0.15) is 0 Å². The van der Waals surface area contributed by atoms with Crippen LogP contribution < -0.4 is 0 Å². The van der Waals surface area contributed by atoms with Crippen molar-refractivity contribution in [3.63, 3.8) is 0 Å². The van der Waals surface area contributed by atoms with Gasteiger partial charge in [-0.3, -0.25) is 9.59 Å². The number of rotatable bonds is 7. The molecule has 0 amide bonds. The van der Waals surface area contributed by atoms with Gasteiger partial charge < -0.3 is 5.11 Å². The summed E-state index contributed by atoms with van der Waals surface area (Å²) >= 11 is 0. The molecule has 3 nitrogen and oxygen atoms in total. The van der Waals surface area contributed by atoms with E-state index in [2.05, 4.69) is 0 Å². The van der Waals surface area contributed by atoms with Crippen molar-refractivity contribution in [2.24, 2.45) is 11.8 Å². The zero-order valence-electron chi connectivity index (χ0n) is 12.1. The molecule has 0 bridgehead atoms. The first-order chi connectivity index (χ1) is 9.35. The fraction of sp³-hybridized carbons (Fsp3) is 0.500. The lowest BCUT2D eigenvalue weighted by molar-refractivity contribution is -0.145. The number of ketones is 1. The monoisotopic (exact) mass is 280 g/mol. The Morgan fingerprint density at radius 3 is 2.50 bits per heavy atom. The molecule has 4 heteroatoms. The van der Waals surface area contributed by atoms with Crippen LogP contribution in [0.5, 0.6) is 0 Å². The number of aryl methyl sites for hydroxylation is 1. The van der Waals surface area contributed by atoms with E-state index >= 15 is 0 Å². The Bertz CT molecular complexity index is 496. The zero-order valence-corrected chi connectivity index (χ0v) is 12.1. The Hall–Kier alpha value is -1.71. The second-order valence-corrected chi connectivity index (χ2v) is 5.34. The highest BCUT2D eigenvalue weighted by Crippen LogP contribution is 2.21. The SMILES string of the molecule is CCC(C)C(CC(=O)Cc1ccc(C)cc1F)C(=O)O. The molecule has 0 aromatic heterocycles. The molecular weight excluding hydrogens is 259 g/mol. The Labute approximate surface area is 118 Å². The van der Waals surface area contributed by atoms with Crippen LogP contribution in [0.1, 0.15) is 37.8 Å². The number of halogens is 1. The van der Waals surface area contributed by atoms with Gasteiger partial charge in [-0.05, 0) is 30.0 Å². The van der Waals surface area contributed by atoms with Crippen LogP contribution in [0.25, 0.3) is 0 Å². The molecule has 110 valence electrons. The fourth-order valence-corrected chi connectivity index (χ4v) is 2.14. The number of carbonyl (C=O) groups is 2. The number of carboxylic acid groups (broad SMARTS) is 1. The third-order valence-corrected chi connectivity index (χ3v) is 3.69. The Balaban J connectivity index is 2.73. The first-order valence-electron chi connectivity index (χ1n) is 6.84. The van der Waals surface area contributed by atoms with Gasteiger partial charge in [0, 0.05) is 12.8 Å². The summed E-state index contributed by atoms with van der Waals surface area (Å²) < 4.78 is 13.7. The van der Waals surface area contributed by atoms with Crippen LogP contribution in [0.2, 0.25) is 0 Å². The molecule has 20 heavy (non-hydrogen) atoms. The van der Waals surface area contributed by atoms with Gasteiger partial charge in [-0.25, -0.2) is 4.39 Å². The number of hydrogen-bond acceptors (Lipinski definition) is 2. The Morgan fingerprint density at radius 1 is 1.35 bits per heavy atom. The number of Topliss-reactive ketones (excluding diaryl/α,β-unsaturated/α-hetero) is 1. The maximum Gasteiger partial charge on any atom is 0.307 e. The molecular formula is C16H21FO3. The largest absolute Gasteiger partial charge is 0.481 e. The molecule has 0 saturated carbocycles. The van der Waals surface area contributed by atoms with Gasteiger partial charge in [0.2, 0.25) is 0 Å². The minimum Gasteiger partial charge on any atom is -0.481 e. The summed E-state index contributed by atoms with van der Waals surface area (Å²) in [4.78, 5) is 23.1. The molecule has 1 rings (SSSR count). The van der Waals surface area contributed by atoms with E-state index in [1.807, 2.05) is 13.8 Å². The van der Waals surface area contributed by atoms with Crippen molar-refractivity contribution in [3.8, 4) is 0 Å². The lowest BCUT2D eigenvalue weighted by atomic mass is 9.86. The number of hydrogen-bond donors (Lipinski definition) is 1. The summed E-state index contributed by atoms with van der Waals surface area (Å²) in [6.07, 6.45) is 0.604. The van der Waals surface area contributed by atoms with Crippen LogP contribution in [0.15, 0.2) is 18.2 Å². The van der Waals surface area contributed by atoms with Crippen molar-refractivity contribution in [1.82, 2.24) is 0 Å².